The van der Waals surface area contributed by atoms with Crippen molar-refractivity contribution in [1.82, 2.24) is 9.66 Å². The zero-order valence-corrected chi connectivity index (χ0v) is 24.8. The van der Waals surface area contributed by atoms with Crippen molar-refractivity contribution in [3.05, 3.63) is 117 Å². The topological polar surface area (TPSA) is 108 Å². The number of methoxy groups -OCH3 is 1. The van der Waals surface area contributed by atoms with Crippen LogP contribution < -0.4 is 20.3 Å². The van der Waals surface area contributed by atoms with Gasteiger partial charge in [0.05, 0.1) is 24.2 Å². The van der Waals surface area contributed by atoms with Gasteiger partial charge in [-0.15, -0.1) is 0 Å². The third kappa shape index (κ3) is 5.77. The normalized spacial score (nSPS) is 11.3. The van der Waals surface area contributed by atoms with E-state index in [1.165, 1.54) is 18.0 Å². The molecule has 0 aliphatic rings. The first-order valence-corrected chi connectivity index (χ1v) is 14.1. The number of nitrogens with zero attached hydrogens (tertiary/aromatic N) is 3. The predicted octanol–water partition coefficient (Wildman–Crippen LogP) is 6.79. The van der Waals surface area contributed by atoms with Crippen molar-refractivity contribution in [2.45, 2.75) is 6.92 Å². The number of para-hydroxylation sites is 3. The zero-order valence-electron chi connectivity index (χ0n) is 23.2. The van der Waals surface area contributed by atoms with Gasteiger partial charge in [0.1, 0.15) is 5.58 Å². The van der Waals surface area contributed by atoms with Crippen molar-refractivity contribution >= 4 is 55.6 Å². The molecule has 43 heavy (non-hydrogen) atoms. The van der Waals surface area contributed by atoms with Gasteiger partial charge >= 0.3 is 0 Å². The minimum absolute atomic E-state index is 0.219. The number of furan rings is 1. The highest BCUT2D eigenvalue weighted by molar-refractivity contribution is 9.10. The molecule has 0 aliphatic carbocycles. The lowest BCUT2D eigenvalue weighted by molar-refractivity contribution is -0.118. The van der Waals surface area contributed by atoms with Gasteiger partial charge in [-0.25, -0.2) is 4.98 Å². The lowest BCUT2D eigenvalue weighted by Gasteiger charge is -2.13. The molecule has 1 N–H and O–H groups in total. The Bertz CT molecular complexity index is 2050. The standard InChI is InChI=1S/C33H25BrN4O5/c1-20-9-3-6-12-25(20)36-31(39)19-42-29-17-24(34)22(16-28(29)41-2)18-35-38-32(30-15-21-10-4-8-14-27(21)43-30)37-26-13-7-5-11-23(26)33(38)40/h3-18H,19H2,1-2H3,(H,36,39). The second kappa shape index (κ2) is 11.9. The van der Waals surface area contributed by atoms with Gasteiger partial charge in [0.2, 0.25) is 5.82 Å². The quantitative estimate of drug-likeness (QED) is 0.184. The lowest BCUT2D eigenvalue weighted by atomic mass is 10.2. The number of amides is 1. The summed E-state index contributed by atoms with van der Waals surface area (Å²) in [6, 6.07) is 27.4. The summed E-state index contributed by atoms with van der Waals surface area (Å²) >= 11 is 3.55. The van der Waals surface area contributed by atoms with Crippen LogP contribution in [0.15, 0.2) is 110 Å². The molecule has 6 aromatic rings. The number of fused-ring (bicyclic) bond motifs is 2. The summed E-state index contributed by atoms with van der Waals surface area (Å²) in [5, 5.41) is 8.68. The Morgan fingerprint density at radius 1 is 1.02 bits per heavy atom. The molecule has 10 heteroatoms. The van der Waals surface area contributed by atoms with Gasteiger partial charge in [0.15, 0.2) is 23.9 Å². The fourth-order valence-electron chi connectivity index (χ4n) is 4.57. The van der Waals surface area contributed by atoms with Crippen LogP contribution in [0.5, 0.6) is 11.5 Å². The third-order valence-corrected chi connectivity index (χ3v) is 7.46. The summed E-state index contributed by atoms with van der Waals surface area (Å²) in [5.74, 6) is 1.11. The van der Waals surface area contributed by atoms with Crippen LogP contribution in [-0.2, 0) is 4.79 Å². The molecule has 0 unspecified atom stereocenters. The van der Waals surface area contributed by atoms with Gasteiger partial charge in [-0.05, 0) is 70.9 Å². The number of anilines is 1. The van der Waals surface area contributed by atoms with Gasteiger partial charge in [-0.2, -0.15) is 9.78 Å². The molecule has 0 atom stereocenters. The van der Waals surface area contributed by atoms with Crippen molar-refractivity contribution in [2.24, 2.45) is 5.10 Å². The first kappa shape index (κ1) is 27.9. The molecule has 0 saturated heterocycles. The van der Waals surface area contributed by atoms with E-state index in [2.05, 4.69) is 26.3 Å². The van der Waals surface area contributed by atoms with Gasteiger partial charge in [0, 0.05) is 21.1 Å². The number of rotatable bonds is 8. The fourth-order valence-corrected chi connectivity index (χ4v) is 4.99. The molecule has 2 heterocycles. The molecule has 0 spiro atoms. The Morgan fingerprint density at radius 2 is 1.79 bits per heavy atom. The molecule has 4 aromatic carbocycles. The Morgan fingerprint density at radius 3 is 2.60 bits per heavy atom. The van der Waals surface area contributed by atoms with Gasteiger partial charge < -0.3 is 19.2 Å². The van der Waals surface area contributed by atoms with Crippen LogP contribution in [0.1, 0.15) is 11.1 Å². The van der Waals surface area contributed by atoms with Crippen molar-refractivity contribution in [1.29, 1.82) is 0 Å². The average Bonchev–Trinajstić information content (AvgIpc) is 3.45. The molecule has 2 aromatic heterocycles. The first-order chi connectivity index (χ1) is 20.9. The molecule has 214 valence electrons. The Kier molecular flexibility index (Phi) is 7.76. The summed E-state index contributed by atoms with van der Waals surface area (Å²) < 4.78 is 19.2. The van der Waals surface area contributed by atoms with Crippen LogP contribution in [0.3, 0.4) is 0 Å². The molecule has 0 radical (unpaired) electrons. The fraction of sp³-hybridized carbons (Fsp3) is 0.0909. The van der Waals surface area contributed by atoms with E-state index in [0.29, 0.717) is 43.8 Å². The molecular weight excluding hydrogens is 612 g/mol. The van der Waals surface area contributed by atoms with Gasteiger partial charge in [-0.1, -0.05) is 48.5 Å². The van der Waals surface area contributed by atoms with Crippen molar-refractivity contribution in [3.8, 4) is 23.1 Å². The molecule has 0 fully saturated rings. The zero-order chi connectivity index (χ0) is 29.9. The molecular formula is C33H25BrN4O5. The monoisotopic (exact) mass is 636 g/mol. The van der Waals surface area contributed by atoms with E-state index in [1.807, 2.05) is 67.6 Å². The van der Waals surface area contributed by atoms with Gasteiger partial charge in [0.25, 0.3) is 11.5 Å². The maximum absolute atomic E-state index is 13.6. The van der Waals surface area contributed by atoms with Crippen molar-refractivity contribution < 1.29 is 18.7 Å². The summed E-state index contributed by atoms with van der Waals surface area (Å²) in [4.78, 5) is 30.8. The predicted molar refractivity (Wildman–Crippen MR) is 170 cm³/mol. The van der Waals surface area contributed by atoms with E-state index in [1.54, 1.807) is 30.3 Å². The summed E-state index contributed by atoms with van der Waals surface area (Å²) in [6.45, 7) is 1.70. The minimum Gasteiger partial charge on any atom is -0.493 e. The second-order valence-corrected chi connectivity index (χ2v) is 10.5. The summed E-state index contributed by atoms with van der Waals surface area (Å²) in [7, 11) is 1.50. The maximum atomic E-state index is 13.6. The van der Waals surface area contributed by atoms with Crippen molar-refractivity contribution in [2.75, 3.05) is 19.0 Å². The third-order valence-electron chi connectivity index (χ3n) is 6.77. The number of hydrogen-bond donors (Lipinski definition) is 1. The number of benzene rings is 4. The van der Waals surface area contributed by atoms with Crippen molar-refractivity contribution in [3.63, 3.8) is 0 Å². The van der Waals surface area contributed by atoms with E-state index in [0.717, 1.165) is 16.6 Å². The van der Waals surface area contributed by atoms with Crippen LogP contribution in [0.4, 0.5) is 5.69 Å². The van der Waals surface area contributed by atoms with E-state index >= 15 is 0 Å². The molecule has 6 rings (SSSR count). The smallest absolute Gasteiger partial charge is 0.282 e. The Labute approximate surface area is 254 Å². The van der Waals surface area contributed by atoms with Crippen LogP contribution in [-0.4, -0.2) is 35.5 Å². The minimum atomic E-state index is -0.347. The SMILES string of the molecule is COc1cc(C=Nn2c(-c3cc4ccccc4o3)nc3ccccc3c2=O)c(Br)cc1OCC(=O)Nc1ccccc1C. The maximum Gasteiger partial charge on any atom is 0.282 e. The number of aryl methyl sites for hydroxylation is 1. The van der Waals surface area contributed by atoms with E-state index in [9.17, 15) is 9.59 Å². The van der Waals surface area contributed by atoms with E-state index < -0.39 is 0 Å². The number of hydrogen-bond acceptors (Lipinski definition) is 7. The van der Waals surface area contributed by atoms with Crippen LogP contribution in [0.2, 0.25) is 0 Å². The number of aromatic nitrogens is 2. The van der Waals surface area contributed by atoms with E-state index in [4.69, 9.17) is 18.9 Å². The summed E-state index contributed by atoms with van der Waals surface area (Å²) in [6.07, 6.45) is 1.52. The second-order valence-electron chi connectivity index (χ2n) is 9.64. The first-order valence-electron chi connectivity index (χ1n) is 13.3. The molecule has 9 nitrogen and oxygen atoms in total. The van der Waals surface area contributed by atoms with Gasteiger partial charge in [-0.3, -0.25) is 9.59 Å². The number of nitrogens with one attached hydrogen (secondary N) is 1. The average molecular weight is 637 g/mol. The molecule has 0 saturated carbocycles. The summed E-state index contributed by atoms with van der Waals surface area (Å²) in [5.41, 5.74) is 3.13. The highest BCUT2D eigenvalue weighted by atomic mass is 79.9. The number of carbonyl (C=O) groups excluding carboxylic acids is 1. The van der Waals surface area contributed by atoms with Crippen LogP contribution in [0.25, 0.3) is 33.5 Å². The lowest BCUT2D eigenvalue weighted by Crippen LogP contribution is -2.21. The molecule has 0 aliphatic heterocycles. The highest BCUT2D eigenvalue weighted by Crippen LogP contribution is 2.33. The largest absolute Gasteiger partial charge is 0.493 e. The number of ether oxygens (including phenoxy) is 2. The Balaban J connectivity index is 1.32. The van der Waals surface area contributed by atoms with E-state index in [-0.39, 0.29) is 23.9 Å². The number of carbonyl (C=O) groups is 1. The van der Waals surface area contributed by atoms with Crippen LogP contribution in [0, 0.1) is 6.92 Å². The molecule has 1 amide bonds. The Hall–Kier alpha value is -5.22. The highest BCUT2D eigenvalue weighted by Gasteiger charge is 2.17. The molecule has 0 bridgehead atoms. The number of halogens is 1. The van der Waals surface area contributed by atoms with Crippen LogP contribution >= 0.6 is 15.9 Å².